The van der Waals surface area contributed by atoms with Crippen LogP contribution in [0.5, 0.6) is 0 Å². The van der Waals surface area contributed by atoms with E-state index in [2.05, 4.69) is 25.3 Å². The van der Waals surface area contributed by atoms with Crippen molar-refractivity contribution in [2.45, 2.75) is 66.9 Å². The molecule has 0 amide bonds. The number of nitrogens with zero attached hydrogens (tertiary/aromatic N) is 2. The molecule has 1 heterocycles. The maximum Gasteiger partial charge on any atom is 0.453 e. The summed E-state index contributed by atoms with van der Waals surface area (Å²) in [7, 11) is 0. The lowest BCUT2D eigenvalue weighted by atomic mass is 10.1. The van der Waals surface area contributed by atoms with Crippen molar-refractivity contribution >= 4 is 37.5 Å². The highest BCUT2D eigenvalue weighted by Gasteiger charge is 2.56. The van der Waals surface area contributed by atoms with Crippen molar-refractivity contribution < 1.29 is 39.5 Å². The summed E-state index contributed by atoms with van der Waals surface area (Å²) < 4.78 is 116. The van der Waals surface area contributed by atoms with Crippen LogP contribution in [0.25, 0.3) is 0 Å². The zero-order valence-corrected chi connectivity index (χ0v) is 15.5. The van der Waals surface area contributed by atoms with Crippen molar-refractivity contribution in [2.24, 2.45) is 0 Å². The van der Waals surface area contributed by atoms with E-state index < -0.39 is 54.6 Å². The van der Waals surface area contributed by atoms with Crippen LogP contribution >= 0.6 is 37.5 Å². The molecule has 0 saturated heterocycles. The number of hydrogen-bond acceptors (Lipinski definition) is 3. The molecule has 0 aliphatic rings. The third-order valence-electron chi connectivity index (χ3n) is 3.53. The summed E-state index contributed by atoms with van der Waals surface area (Å²) in [5, 5.41) is -0.466. The summed E-state index contributed by atoms with van der Waals surface area (Å²) >= 11 is 12.6. The van der Waals surface area contributed by atoms with Crippen LogP contribution in [0.4, 0.5) is 39.5 Å². The SMILES string of the molecule is CC(F)(F)C(F)(F)CCn1c(S)c(S)n(CCC(F)(F)C(F)(F)F)c1=S. The largest absolute Gasteiger partial charge is 0.453 e. The van der Waals surface area contributed by atoms with Gasteiger partial charge in [-0.2, -0.15) is 30.7 Å². The second-order valence-corrected chi connectivity index (χ2v) is 6.74. The number of thiol groups is 2. The Balaban J connectivity index is 3.04. The van der Waals surface area contributed by atoms with Crippen LogP contribution in [0.15, 0.2) is 10.1 Å². The Morgan fingerprint density at radius 1 is 0.769 bits per heavy atom. The van der Waals surface area contributed by atoms with E-state index in [1.807, 2.05) is 0 Å². The van der Waals surface area contributed by atoms with E-state index in [9.17, 15) is 39.5 Å². The summed E-state index contributed by atoms with van der Waals surface area (Å²) in [6.07, 6.45) is -8.79. The Morgan fingerprint density at radius 3 is 1.42 bits per heavy atom. The summed E-state index contributed by atoms with van der Waals surface area (Å²) in [5.41, 5.74) is 0. The number of hydrogen-bond donors (Lipinski definition) is 2. The quantitative estimate of drug-likeness (QED) is 0.299. The predicted octanol–water partition coefficient (Wildman–Crippen LogP) is 5.86. The van der Waals surface area contributed by atoms with Gasteiger partial charge in [0.05, 0.1) is 0 Å². The lowest BCUT2D eigenvalue weighted by Crippen LogP contribution is -2.38. The van der Waals surface area contributed by atoms with Crippen LogP contribution in [0.3, 0.4) is 0 Å². The highest BCUT2D eigenvalue weighted by Crippen LogP contribution is 2.39. The molecule has 26 heavy (non-hydrogen) atoms. The molecule has 1 aromatic rings. The third kappa shape index (κ3) is 4.86. The average Bonchev–Trinajstić information content (AvgIpc) is 2.63. The predicted molar refractivity (Wildman–Crippen MR) is 83.6 cm³/mol. The molecular weight excluding hydrogens is 439 g/mol. The molecule has 0 bridgehead atoms. The summed E-state index contributed by atoms with van der Waals surface area (Å²) in [6, 6.07) is 0. The number of imidazole rings is 1. The minimum atomic E-state index is -5.77. The van der Waals surface area contributed by atoms with E-state index in [1.165, 1.54) is 0 Å². The van der Waals surface area contributed by atoms with E-state index in [0.717, 1.165) is 9.13 Å². The third-order valence-corrected chi connectivity index (χ3v) is 5.05. The number of alkyl halides is 9. The molecule has 0 unspecified atom stereocenters. The fraction of sp³-hybridized carbons (Fsp3) is 0.750. The zero-order chi connectivity index (χ0) is 20.7. The first kappa shape index (κ1) is 23.5. The number of rotatable bonds is 7. The molecule has 0 atom stereocenters. The monoisotopic (exact) mass is 452 g/mol. The normalized spacial score (nSPS) is 14.2. The van der Waals surface area contributed by atoms with Crippen molar-refractivity contribution in [1.82, 2.24) is 9.13 Å². The van der Waals surface area contributed by atoms with E-state index >= 15 is 0 Å². The van der Waals surface area contributed by atoms with E-state index in [0.29, 0.717) is 0 Å². The van der Waals surface area contributed by atoms with Gasteiger partial charge in [-0.25, -0.2) is 8.78 Å². The van der Waals surface area contributed by atoms with Crippen molar-refractivity contribution in [2.75, 3.05) is 0 Å². The lowest BCUT2D eigenvalue weighted by molar-refractivity contribution is -0.285. The van der Waals surface area contributed by atoms with E-state index in [-0.39, 0.29) is 17.0 Å². The van der Waals surface area contributed by atoms with Gasteiger partial charge < -0.3 is 9.13 Å². The second-order valence-electron chi connectivity index (χ2n) is 5.53. The highest BCUT2D eigenvalue weighted by atomic mass is 32.1. The molecule has 0 aromatic carbocycles. The Hall–Kier alpha value is -0.500. The molecule has 14 heteroatoms. The van der Waals surface area contributed by atoms with Gasteiger partial charge in [-0.15, -0.1) is 25.3 Å². The molecule has 0 aliphatic heterocycles. The Bertz CT molecular complexity index is 644. The van der Waals surface area contributed by atoms with Crippen molar-refractivity contribution in [3.63, 3.8) is 0 Å². The minimum Gasteiger partial charge on any atom is -0.311 e. The standard InChI is InChI=1S/C12H13F9N2S3/c1-9(13,14)10(15,16)2-4-22-6(24)7(25)23(8(22)26)5-3-11(17,18)12(19,20)21/h24-25H,2-5H2,1H3. The van der Waals surface area contributed by atoms with Gasteiger partial charge >= 0.3 is 23.9 Å². The van der Waals surface area contributed by atoms with Crippen molar-refractivity contribution in [3.8, 4) is 0 Å². The van der Waals surface area contributed by atoms with Crippen molar-refractivity contribution in [3.05, 3.63) is 4.77 Å². The molecule has 152 valence electrons. The highest BCUT2D eigenvalue weighted by molar-refractivity contribution is 7.83. The van der Waals surface area contributed by atoms with Crippen LogP contribution < -0.4 is 0 Å². The Morgan fingerprint density at radius 2 is 1.12 bits per heavy atom. The van der Waals surface area contributed by atoms with Gasteiger partial charge in [-0.1, -0.05) is 0 Å². The molecule has 0 saturated carbocycles. The van der Waals surface area contributed by atoms with E-state index in [4.69, 9.17) is 12.2 Å². The van der Waals surface area contributed by atoms with Gasteiger partial charge in [0, 0.05) is 32.9 Å². The average molecular weight is 452 g/mol. The van der Waals surface area contributed by atoms with Crippen LogP contribution in [-0.2, 0) is 13.1 Å². The molecule has 0 N–H and O–H groups in total. The molecule has 0 radical (unpaired) electrons. The van der Waals surface area contributed by atoms with Gasteiger partial charge in [-0.3, -0.25) is 0 Å². The van der Waals surface area contributed by atoms with Crippen LogP contribution in [-0.4, -0.2) is 33.1 Å². The van der Waals surface area contributed by atoms with Crippen LogP contribution in [0.2, 0.25) is 0 Å². The minimum absolute atomic E-state index is 0.0301. The van der Waals surface area contributed by atoms with Gasteiger partial charge in [-0.05, 0) is 12.2 Å². The molecule has 2 nitrogen and oxygen atoms in total. The van der Waals surface area contributed by atoms with Crippen LogP contribution in [0.1, 0.15) is 19.8 Å². The second kappa shape index (κ2) is 7.49. The van der Waals surface area contributed by atoms with Gasteiger partial charge in [0.1, 0.15) is 10.1 Å². The Labute approximate surface area is 158 Å². The topological polar surface area (TPSA) is 9.86 Å². The van der Waals surface area contributed by atoms with E-state index in [1.54, 1.807) is 0 Å². The zero-order valence-electron chi connectivity index (χ0n) is 12.9. The summed E-state index contributed by atoms with van der Waals surface area (Å²) in [5.74, 6) is -13.7. The molecule has 1 aromatic heterocycles. The first-order valence-corrected chi connectivity index (χ1v) is 8.14. The fourth-order valence-corrected chi connectivity index (χ4v) is 2.97. The lowest BCUT2D eigenvalue weighted by Gasteiger charge is -2.23. The molecule has 0 fully saturated rings. The summed E-state index contributed by atoms with van der Waals surface area (Å²) in [4.78, 5) is 0. The van der Waals surface area contributed by atoms with Crippen LogP contribution in [0, 0.1) is 4.77 Å². The number of aromatic nitrogens is 2. The van der Waals surface area contributed by atoms with Gasteiger partial charge in [0.25, 0.3) is 0 Å². The van der Waals surface area contributed by atoms with Gasteiger partial charge in [0.2, 0.25) is 0 Å². The molecule has 0 aliphatic carbocycles. The first-order valence-electron chi connectivity index (χ1n) is 6.84. The maximum atomic E-state index is 13.4. The van der Waals surface area contributed by atoms with Gasteiger partial charge in [0.15, 0.2) is 4.77 Å². The molecular formula is C12H13F9N2S3. The van der Waals surface area contributed by atoms with Crippen molar-refractivity contribution in [1.29, 1.82) is 0 Å². The maximum absolute atomic E-state index is 13.4. The molecule has 1 rings (SSSR count). The molecule has 0 spiro atoms. The Kier molecular flexibility index (Phi) is 6.78. The first-order chi connectivity index (χ1) is 11.4. The summed E-state index contributed by atoms with van der Waals surface area (Å²) in [6.45, 7) is -1.66. The smallest absolute Gasteiger partial charge is 0.311 e. The number of halogens is 9. The fourth-order valence-electron chi connectivity index (χ4n) is 1.84.